The monoisotopic (exact) mass is 398 g/mol. The standard InChI is InChI=1S/C22H26N2O3S/c1-15-16(2)18(4)22(19(5)17(15)3)28(25,26)24(14-21-10-8-12-27-21)13-20-9-6-7-11-23-20/h6-12H,13-14H2,1-5H3. The highest BCUT2D eigenvalue weighted by atomic mass is 32.2. The van der Waals surface area contributed by atoms with Crippen molar-refractivity contribution in [2.45, 2.75) is 52.6 Å². The van der Waals surface area contributed by atoms with E-state index in [0.29, 0.717) is 16.3 Å². The Balaban J connectivity index is 2.13. The van der Waals surface area contributed by atoms with E-state index in [1.807, 2.05) is 52.8 Å². The Hall–Kier alpha value is -2.44. The molecule has 3 rings (SSSR count). The molecule has 0 saturated carbocycles. The summed E-state index contributed by atoms with van der Waals surface area (Å²) in [6, 6.07) is 9.05. The molecule has 0 bridgehead atoms. The van der Waals surface area contributed by atoms with Gasteiger partial charge in [0.05, 0.1) is 29.9 Å². The fourth-order valence-corrected chi connectivity index (χ4v) is 5.39. The van der Waals surface area contributed by atoms with Crippen LogP contribution in [0, 0.1) is 34.6 Å². The van der Waals surface area contributed by atoms with Crippen LogP contribution in [0.15, 0.2) is 52.1 Å². The van der Waals surface area contributed by atoms with Crippen molar-refractivity contribution in [3.8, 4) is 0 Å². The minimum absolute atomic E-state index is 0.150. The van der Waals surface area contributed by atoms with E-state index in [2.05, 4.69) is 4.98 Å². The van der Waals surface area contributed by atoms with Gasteiger partial charge in [-0.3, -0.25) is 4.98 Å². The van der Waals surface area contributed by atoms with Gasteiger partial charge in [0, 0.05) is 6.20 Å². The first kappa shape index (κ1) is 20.3. The largest absolute Gasteiger partial charge is 0.468 e. The zero-order valence-corrected chi connectivity index (χ0v) is 17.8. The van der Waals surface area contributed by atoms with Crippen LogP contribution in [0.2, 0.25) is 0 Å². The van der Waals surface area contributed by atoms with Gasteiger partial charge in [-0.05, 0) is 86.7 Å². The molecule has 0 radical (unpaired) electrons. The molecule has 0 unspecified atom stereocenters. The molecule has 0 aliphatic carbocycles. The maximum atomic E-state index is 13.8. The lowest BCUT2D eigenvalue weighted by molar-refractivity contribution is 0.355. The van der Waals surface area contributed by atoms with E-state index in [9.17, 15) is 8.42 Å². The minimum atomic E-state index is -3.77. The molecule has 2 aromatic heterocycles. The molecule has 6 heteroatoms. The molecule has 148 valence electrons. The topological polar surface area (TPSA) is 63.4 Å². The molecule has 0 amide bonds. The van der Waals surface area contributed by atoms with Gasteiger partial charge in [-0.15, -0.1) is 0 Å². The third-order valence-electron chi connectivity index (χ3n) is 5.51. The maximum absolute atomic E-state index is 13.8. The van der Waals surface area contributed by atoms with Crippen molar-refractivity contribution in [1.29, 1.82) is 0 Å². The van der Waals surface area contributed by atoms with Crippen LogP contribution in [0.25, 0.3) is 0 Å². The van der Waals surface area contributed by atoms with Crippen LogP contribution in [0.1, 0.15) is 39.3 Å². The highest BCUT2D eigenvalue weighted by Crippen LogP contribution is 2.32. The molecule has 0 aliphatic rings. The highest BCUT2D eigenvalue weighted by molar-refractivity contribution is 7.89. The van der Waals surface area contributed by atoms with Gasteiger partial charge in [0.1, 0.15) is 5.76 Å². The molecule has 3 aromatic rings. The fraction of sp³-hybridized carbons (Fsp3) is 0.318. The Bertz CT molecular complexity index is 1040. The van der Waals surface area contributed by atoms with E-state index in [0.717, 1.165) is 27.8 Å². The summed E-state index contributed by atoms with van der Waals surface area (Å²) in [6.07, 6.45) is 3.22. The van der Waals surface area contributed by atoms with Gasteiger partial charge in [-0.1, -0.05) is 6.07 Å². The molecule has 0 aliphatic heterocycles. The number of aromatic nitrogens is 1. The first-order valence-electron chi connectivity index (χ1n) is 9.23. The van der Waals surface area contributed by atoms with Crippen LogP contribution in [-0.4, -0.2) is 17.7 Å². The second-order valence-corrected chi connectivity index (χ2v) is 9.00. The molecule has 0 atom stereocenters. The maximum Gasteiger partial charge on any atom is 0.244 e. The molecule has 0 fully saturated rings. The quantitative estimate of drug-likeness (QED) is 0.608. The summed E-state index contributed by atoms with van der Waals surface area (Å²) in [5, 5.41) is 0. The number of furan rings is 1. The number of benzene rings is 1. The van der Waals surface area contributed by atoms with Crippen molar-refractivity contribution in [1.82, 2.24) is 9.29 Å². The summed E-state index contributed by atoms with van der Waals surface area (Å²) in [6.45, 7) is 10.1. The smallest absolute Gasteiger partial charge is 0.244 e. The van der Waals surface area contributed by atoms with Crippen LogP contribution >= 0.6 is 0 Å². The van der Waals surface area contributed by atoms with E-state index < -0.39 is 10.0 Å². The van der Waals surface area contributed by atoms with Crippen LogP contribution in [0.5, 0.6) is 0 Å². The predicted octanol–water partition coefficient (Wildman–Crippen LogP) is 4.61. The number of hydrogen-bond acceptors (Lipinski definition) is 4. The van der Waals surface area contributed by atoms with Crippen molar-refractivity contribution < 1.29 is 12.8 Å². The Morgan fingerprint density at radius 2 is 1.50 bits per heavy atom. The minimum Gasteiger partial charge on any atom is -0.468 e. The Labute approximate surface area is 167 Å². The number of sulfonamides is 1. The van der Waals surface area contributed by atoms with E-state index in [1.165, 1.54) is 4.31 Å². The molecule has 0 N–H and O–H groups in total. The number of hydrogen-bond donors (Lipinski definition) is 0. The van der Waals surface area contributed by atoms with Crippen molar-refractivity contribution in [3.63, 3.8) is 0 Å². The lowest BCUT2D eigenvalue weighted by Crippen LogP contribution is -2.32. The molecular weight excluding hydrogens is 372 g/mol. The second-order valence-electron chi connectivity index (χ2n) is 7.13. The van der Waals surface area contributed by atoms with Gasteiger partial charge in [0.2, 0.25) is 10.0 Å². The van der Waals surface area contributed by atoms with Crippen LogP contribution in [-0.2, 0) is 23.1 Å². The zero-order chi connectivity index (χ0) is 20.5. The number of nitrogens with zero attached hydrogens (tertiary/aromatic N) is 2. The normalized spacial score (nSPS) is 11.9. The molecular formula is C22H26N2O3S. The highest BCUT2D eigenvalue weighted by Gasteiger charge is 2.31. The zero-order valence-electron chi connectivity index (χ0n) is 17.0. The molecule has 0 spiro atoms. The van der Waals surface area contributed by atoms with Gasteiger partial charge in [0.25, 0.3) is 0 Å². The Kier molecular flexibility index (Phi) is 5.72. The molecule has 1 aromatic carbocycles. The van der Waals surface area contributed by atoms with Gasteiger partial charge in [-0.2, -0.15) is 4.31 Å². The van der Waals surface area contributed by atoms with Gasteiger partial charge in [-0.25, -0.2) is 8.42 Å². The lowest BCUT2D eigenvalue weighted by atomic mass is 9.95. The third kappa shape index (κ3) is 3.75. The van der Waals surface area contributed by atoms with Crippen molar-refractivity contribution >= 4 is 10.0 Å². The van der Waals surface area contributed by atoms with E-state index >= 15 is 0 Å². The molecule has 28 heavy (non-hydrogen) atoms. The first-order chi connectivity index (χ1) is 13.2. The summed E-state index contributed by atoms with van der Waals surface area (Å²) in [5.74, 6) is 0.593. The third-order valence-corrected chi connectivity index (χ3v) is 7.57. The molecule has 0 saturated heterocycles. The Morgan fingerprint density at radius 1 is 0.857 bits per heavy atom. The van der Waals surface area contributed by atoms with Crippen molar-refractivity contribution in [2.24, 2.45) is 0 Å². The van der Waals surface area contributed by atoms with Crippen LogP contribution in [0.3, 0.4) is 0 Å². The molecule has 5 nitrogen and oxygen atoms in total. The average Bonchev–Trinajstić information content (AvgIpc) is 3.18. The number of rotatable bonds is 6. The second kappa shape index (κ2) is 7.89. The summed E-state index contributed by atoms with van der Waals surface area (Å²) >= 11 is 0. The summed E-state index contributed by atoms with van der Waals surface area (Å²) in [5.41, 5.74) is 5.44. The lowest BCUT2D eigenvalue weighted by Gasteiger charge is -2.25. The fourth-order valence-electron chi connectivity index (χ4n) is 3.46. The van der Waals surface area contributed by atoms with Crippen LogP contribution in [0.4, 0.5) is 0 Å². The Morgan fingerprint density at radius 3 is 2.04 bits per heavy atom. The van der Waals surface area contributed by atoms with E-state index in [1.54, 1.807) is 24.6 Å². The van der Waals surface area contributed by atoms with E-state index in [-0.39, 0.29) is 13.1 Å². The van der Waals surface area contributed by atoms with Crippen molar-refractivity contribution in [3.05, 3.63) is 82.1 Å². The SMILES string of the molecule is Cc1c(C)c(C)c(S(=O)(=O)N(Cc2ccccn2)Cc2ccco2)c(C)c1C. The van der Waals surface area contributed by atoms with Crippen molar-refractivity contribution in [2.75, 3.05) is 0 Å². The van der Waals surface area contributed by atoms with Gasteiger partial charge >= 0.3 is 0 Å². The van der Waals surface area contributed by atoms with Gasteiger partial charge in [0.15, 0.2) is 0 Å². The number of pyridine rings is 1. The summed E-state index contributed by atoms with van der Waals surface area (Å²) in [4.78, 5) is 4.70. The van der Waals surface area contributed by atoms with Crippen LogP contribution < -0.4 is 0 Å². The predicted molar refractivity (Wildman–Crippen MR) is 110 cm³/mol. The summed E-state index contributed by atoms with van der Waals surface area (Å²) < 4.78 is 34.4. The van der Waals surface area contributed by atoms with Gasteiger partial charge < -0.3 is 4.42 Å². The molecule has 2 heterocycles. The first-order valence-corrected chi connectivity index (χ1v) is 10.7. The van der Waals surface area contributed by atoms with E-state index in [4.69, 9.17) is 4.42 Å². The summed E-state index contributed by atoms with van der Waals surface area (Å²) in [7, 11) is -3.77. The average molecular weight is 399 g/mol.